The van der Waals surface area contributed by atoms with E-state index in [1.165, 1.54) is 17.0 Å². The number of morpholine rings is 1. The number of hydrogen-bond donors (Lipinski definition) is 2. The molecule has 3 aromatic rings. The van der Waals surface area contributed by atoms with Crippen LogP contribution in [0.15, 0.2) is 84.9 Å². The Hall–Kier alpha value is -2.24. The first-order chi connectivity index (χ1) is 14.6. The van der Waals surface area contributed by atoms with E-state index in [4.69, 9.17) is 4.74 Å². The molecule has 164 valence electrons. The van der Waals surface area contributed by atoms with Gasteiger partial charge in [-0.25, -0.2) is 4.39 Å². The van der Waals surface area contributed by atoms with Crippen LogP contribution in [-0.4, -0.2) is 38.0 Å². The summed E-state index contributed by atoms with van der Waals surface area (Å²) in [6.07, 6.45) is 0.461. The fourth-order valence-corrected chi connectivity index (χ4v) is 4.47. The minimum atomic E-state index is -1.16. The Balaban J connectivity index is 0.00000272. The third-order valence-corrected chi connectivity index (χ3v) is 6.13. The van der Waals surface area contributed by atoms with Crippen LogP contribution < -0.4 is 17.3 Å². The van der Waals surface area contributed by atoms with Crippen molar-refractivity contribution in [2.75, 3.05) is 32.8 Å². The van der Waals surface area contributed by atoms with Gasteiger partial charge in [-0.15, -0.1) is 0 Å². The summed E-state index contributed by atoms with van der Waals surface area (Å²) in [6, 6.07) is 26.6. The monoisotopic (exact) mass is 441 g/mol. The molecule has 0 amide bonds. The predicted octanol–water partition coefficient (Wildman–Crippen LogP) is -0.0411. The average Bonchev–Trinajstić information content (AvgIpc) is 2.80. The summed E-state index contributed by atoms with van der Waals surface area (Å²) in [6.45, 7) is 4.12. The zero-order valence-electron chi connectivity index (χ0n) is 17.5. The van der Waals surface area contributed by atoms with Crippen molar-refractivity contribution in [1.82, 2.24) is 0 Å². The van der Waals surface area contributed by atoms with Gasteiger partial charge in [0.15, 0.2) is 0 Å². The van der Waals surface area contributed by atoms with E-state index < -0.39 is 5.60 Å². The maximum Gasteiger partial charge on any atom is 0.123 e. The number of hydrogen-bond acceptors (Lipinski definition) is 2. The van der Waals surface area contributed by atoms with Gasteiger partial charge in [0.05, 0.1) is 25.7 Å². The van der Waals surface area contributed by atoms with Crippen LogP contribution in [0, 0.1) is 5.82 Å². The molecular formula is C26H29ClFNO2. The zero-order chi connectivity index (χ0) is 20.8. The van der Waals surface area contributed by atoms with Gasteiger partial charge < -0.3 is 27.2 Å². The Kier molecular flexibility index (Phi) is 8.22. The Morgan fingerprint density at radius 3 is 2.06 bits per heavy atom. The third-order valence-electron chi connectivity index (χ3n) is 6.13. The van der Waals surface area contributed by atoms with Crippen LogP contribution in [0.3, 0.4) is 0 Å². The summed E-state index contributed by atoms with van der Waals surface area (Å²) in [5.74, 6) is -0.437. The third kappa shape index (κ3) is 5.72. The highest BCUT2D eigenvalue weighted by Gasteiger charge is 2.42. The Bertz CT molecular complexity index is 917. The van der Waals surface area contributed by atoms with Crippen molar-refractivity contribution in [1.29, 1.82) is 0 Å². The largest absolute Gasteiger partial charge is 1.00 e. The van der Waals surface area contributed by atoms with Crippen molar-refractivity contribution >= 4 is 0 Å². The molecule has 31 heavy (non-hydrogen) atoms. The van der Waals surface area contributed by atoms with Crippen LogP contribution in [0.5, 0.6) is 0 Å². The molecule has 2 unspecified atom stereocenters. The fraction of sp³-hybridized carbons (Fsp3) is 0.308. The highest BCUT2D eigenvalue weighted by molar-refractivity contribution is 5.34. The summed E-state index contributed by atoms with van der Waals surface area (Å²) >= 11 is 0. The van der Waals surface area contributed by atoms with Gasteiger partial charge in [0.2, 0.25) is 0 Å². The Labute approximate surface area is 189 Å². The molecule has 1 aliphatic rings. The van der Waals surface area contributed by atoms with Crippen molar-refractivity contribution in [2.45, 2.75) is 17.9 Å². The van der Waals surface area contributed by atoms with E-state index in [1.54, 1.807) is 12.1 Å². The molecule has 1 aliphatic heterocycles. The average molecular weight is 442 g/mol. The van der Waals surface area contributed by atoms with Gasteiger partial charge in [0.25, 0.3) is 0 Å². The molecule has 2 N–H and O–H groups in total. The second kappa shape index (κ2) is 10.9. The first-order valence-electron chi connectivity index (χ1n) is 10.6. The maximum absolute atomic E-state index is 13.7. The molecule has 3 nitrogen and oxygen atoms in total. The highest BCUT2D eigenvalue weighted by Crippen LogP contribution is 2.39. The lowest BCUT2D eigenvalue weighted by molar-refractivity contribution is -0.910. The Morgan fingerprint density at radius 2 is 1.45 bits per heavy atom. The van der Waals surface area contributed by atoms with Gasteiger partial charge >= 0.3 is 0 Å². The van der Waals surface area contributed by atoms with Crippen molar-refractivity contribution in [3.63, 3.8) is 0 Å². The van der Waals surface area contributed by atoms with Crippen LogP contribution in [0.2, 0.25) is 0 Å². The number of rotatable bonds is 7. The lowest BCUT2D eigenvalue weighted by Crippen LogP contribution is -3.14. The fourth-order valence-electron chi connectivity index (χ4n) is 4.47. The molecule has 4 rings (SSSR count). The predicted molar refractivity (Wildman–Crippen MR) is 116 cm³/mol. The molecule has 0 saturated carbocycles. The number of nitrogens with one attached hydrogen (secondary N) is 1. The van der Waals surface area contributed by atoms with Gasteiger partial charge in [-0.1, -0.05) is 72.8 Å². The van der Waals surface area contributed by atoms with Gasteiger partial charge in [0.1, 0.15) is 24.5 Å². The molecule has 0 radical (unpaired) electrons. The van der Waals surface area contributed by atoms with Crippen LogP contribution in [0.4, 0.5) is 4.39 Å². The van der Waals surface area contributed by atoms with E-state index in [-0.39, 0.29) is 24.1 Å². The topological polar surface area (TPSA) is 33.9 Å². The van der Waals surface area contributed by atoms with E-state index in [0.29, 0.717) is 6.42 Å². The lowest BCUT2D eigenvalue weighted by Gasteiger charge is -2.39. The SMILES string of the molecule is OC(Cc1ccccc1)(c1ccc(F)cc1)C(C[NH+]1CCOCC1)c1ccccc1.[Cl-]. The number of ether oxygens (including phenoxy) is 1. The van der Waals surface area contributed by atoms with E-state index >= 15 is 0 Å². The summed E-state index contributed by atoms with van der Waals surface area (Å²) in [5, 5.41) is 12.3. The zero-order valence-corrected chi connectivity index (χ0v) is 18.3. The number of halogens is 2. The van der Waals surface area contributed by atoms with Gasteiger partial charge in [-0.2, -0.15) is 0 Å². The van der Waals surface area contributed by atoms with E-state index in [9.17, 15) is 9.50 Å². The van der Waals surface area contributed by atoms with Crippen LogP contribution >= 0.6 is 0 Å². The van der Waals surface area contributed by atoms with Gasteiger partial charge in [0, 0.05) is 6.42 Å². The van der Waals surface area contributed by atoms with Gasteiger partial charge in [-0.05, 0) is 28.8 Å². The number of aliphatic hydroxyl groups is 1. The highest BCUT2D eigenvalue weighted by atomic mass is 35.5. The molecule has 3 aromatic carbocycles. The molecule has 0 aliphatic carbocycles. The van der Waals surface area contributed by atoms with Gasteiger partial charge in [-0.3, -0.25) is 0 Å². The van der Waals surface area contributed by atoms with E-state index in [0.717, 1.165) is 49.5 Å². The van der Waals surface area contributed by atoms with Crippen LogP contribution in [0.25, 0.3) is 0 Å². The minimum absolute atomic E-state index is 0. The van der Waals surface area contributed by atoms with E-state index in [2.05, 4.69) is 12.1 Å². The summed E-state index contributed by atoms with van der Waals surface area (Å²) in [5.41, 5.74) is 1.73. The minimum Gasteiger partial charge on any atom is -1.00 e. The molecule has 0 aromatic heterocycles. The molecule has 1 fully saturated rings. The van der Waals surface area contributed by atoms with Crippen molar-refractivity contribution in [2.24, 2.45) is 0 Å². The summed E-state index contributed by atoms with van der Waals surface area (Å²) in [4.78, 5) is 1.42. The molecule has 0 bridgehead atoms. The summed E-state index contributed by atoms with van der Waals surface area (Å²) in [7, 11) is 0. The quantitative estimate of drug-likeness (QED) is 0.539. The normalized spacial score (nSPS) is 17.4. The molecule has 2 atom stereocenters. The second-order valence-electron chi connectivity index (χ2n) is 8.12. The molecule has 1 heterocycles. The smallest absolute Gasteiger partial charge is 0.123 e. The number of quaternary nitrogens is 1. The molecular weight excluding hydrogens is 413 g/mol. The van der Waals surface area contributed by atoms with Crippen LogP contribution in [-0.2, 0) is 16.8 Å². The maximum atomic E-state index is 13.7. The van der Waals surface area contributed by atoms with Crippen LogP contribution in [0.1, 0.15) is 22.6 Å². The van der Waals surface area contributed by atoms with E-state index in [1.807, 2.05) is 48.5 Å². The summed E-state index contributed by atoms with van der Waals surface area (Å²) < 4.78 is 19.2. The van der Waals surface area contributed by atoms with Crippen molar-refractivity contribution in [3.8, 4) is 0 Å². The molecule has 5 heteroatoms. The number of benzene rings is 3. The second-order valence-corrected chi connectivity index (χ2v) is 8.12. The van der Waals surface area contributed by atoms with Crippen molar-refractivity contribution < 1.29 is 31.5 Å². The lowest BCUT2D eigenvalue weighted by atomic mass is 9.73. The molecule has 0 spiro atoms. The first-order valence-corrected chi connectivity index (χ1v) is 10.6. The molecule has 1 saturated heterocycles. The first kappa shape index (κ1) is 23.4. The van der Waals surface area contributed by atoms with Crippen molar-refractivity contribution in [3.05, 3.63) is 107 Å². The standard InChI is InChI=1S/C26H28FNO2.ClH/c27-24-13-11-23(12-14-24)26(29,19-21-7-3-1-4-8-21)25(22-9-5-2-6-10-22)20-28-15-17-30-18-16-28;/h1-14,25,29H,15-20H2;1H. The Morgan fingerprint density at radius 1 is 0.871 bits per heavy atom.